The second kappa shape index (κ2) is 4.74. The Morgan fingerprint density at radius 2 is 1.88 bits per heavy atom. The second-order valence-electron chi connectivity index (χ2n) is 4.50. The van der Waals surface area contributed by atoms with Gasteiger partial charge in [0, 0.05) is 0 Å². The van der Waals surface area contributed by atoms with Crippen molar-refractivity contribution in [3.05, 3.63) is 35.9 Å². The monoisotopic (exact) mass is 236 g/mol. The molecule has 3 rings (SSSR count). The molecule has 0 unspecified atom stereocenters. The first-order chi connectivity index (χ1) is 8.34. The third-order valence-corrected chi connectivity index (χ3v) is 3.29. The van der Waals surface area contributed by atoms with E-state index < -0.39 is 6.10 Å². The van der Waals surface area contributed by atoms with Crippen LogP contribution in [0.3, 0.4) is 0 Å². The molecule has 0 aliphatic carbocycles. The van der Waals surface area contributed by atoms with E-state index in [9.17, 15) is 5.11 Å². The molecular weight excluding hydrogens is 220 g/mol. The summed E-state index contributed by atoms with van der Waals surface area (Å²) >= 11 is 0. The first-order valence-electron chi connectivity index (χ1n) is 5.91. The summed E-state index contributed by atoms with van der Waals surface area (Å²) < 4.78 is 16.8. The highest BCUT2D eigenvalue weighted by atomic mass is 16.6. The van der Waals surface area contributed by atoms with Gasteiger partial charge in [0.1, 0.15) is 24.4 Å². The lowest BCUT2D eigenvalue weighted by Crippen LogP contribution is -2.32. The fourth-order valence-electron chi connectivity index (χ4n) is 2.36. The molecule has 1 aromatic carbocycles. The standard InChI is InChI=1S/C13H16O4/c14-10-7-16-13-11(8-17-12(10)13)15-6-9-4-2-1-3-5-9/h1-5,10-14H,6-8H2/t10-,11+,12+,13+/m0/s1. The normalized spacial score (nSPS) is 36.1. The molecule has 0 saturated carbocycles. The molecule has 2 aliphatic rings. The van der Waals surface area contributed by atoms with E-state index in [4.69, 9.17) is 14.2 Å². The number of hydrogen-bond donors (Lipinski definition) is 1. The molecule has 2 heterocycles. The minimum atomic E-state index is -0.509. The van der Waals surface area contributed by atoms with Crippen LogP contribution >= 0.6 is 0 Å². The molecule has 0 aromatic heterocycles. The lowest BCUT2D eigenvalue weighted by atomic mass is 10.1. The summed E-state index contributed by atoms with van der Waals surface area (Å²) in [6.07, 6.45) is -0.910. The molecule has 0 spiro atoms. The van der Waals surface area contributed by atoms with Gasteiger partial charge in [0.05, 0.1) is 19.8 Å². The molecular formula is C13H16O4. The lowest BCUT2D eigenvalue weighted by Gasteiger charge is -2.16. The van der Waals surface area contributed by atoms with Gasteiger partial charge in [-0.3, -0.25) is 0 Å². The molecule has 2 saturated heterocycles. The van der Waals surface area contributed by atoms with Crippen LogP contribution in [0.15, 0.2) is 30.3 Å². The molecule has 1 aromatic rings. The van der Waals surface area contributed by atoms with E-state index >= 15 is 0 Å². The Hall–Kier alpha value is -0.940. The number of ether oxygens (including phenoxy) is 3. The first-order valence-corrected chi connectivity index (χ1v) is 5.91. The van der Waals surface area contributed by atoms with Gasteiger partial charge in [0.2, 0.25) is 0 Å². The Morgan fingerprint density at radius 1 is 1.12 bits per heavy atom. The quantitative estimate of drug-likeness (QED) is 0.840. The molecule has 4 nitrogen and oxygen atoms in total. The lowest BCUT2D eigenvalue weighted by molar-refractivity contribution is -0.0439. The van der Waals surface area contributed by atoms with E-state index in [0.29, 0.717) is 19.8 Å². The summed E-state index contributed by atoms with van der Waals surface area (Å²) in [5.41, 5.74) is 1.13. The number of fused-ring (bicyclic) bond motifs is 1. The first kappa shape index (κ1) is 11.2. The van der Waals surface area contributed by atoms with Gasteiger partial charge in [-0.05, 0) is 5.56 Å². The largest absolute Gasteiger partial charge is 0.388 e. The van der Waals surface area contributed by atoms with E-state index in [-0.39, 0.29) is 18.3 Å². The molecule has 2 fully saturated rings. The Balaban J connectivity index is 1.57. The predicted molar refractivity (Wildman–Crippen MR) is 60.5 cm³/mol. The molecule has 2 aliphatic heterocycles. The van der Waals surface area contributed by atoms with Crippen LogP contribution in [-0.2, 0) is 20.8 Å². The maximum Gasteiger partial charge on any atom is 0.115 e. The zero-order valence-corrected chi connectivity index (χ0v) is 9.49. The van der Waals surface area contributed by atoms with Crippen LogP contribution in [0.2, 0.25) is 0 Å². The van der Waals surface area contributed by atoms with Gasteiger partial charge in [-0.1, -0.05) is 30.3 Å². The third-order valence-electron chi connectivity index (χ3n) is 3.29. The summed E-state index contributed by atoms with van der Waals surface area (Å²) in [4.78, 5) is 0. The van der Waals surface area contributed by atoms with Crippen molar-refractivity contribution in [3.63, 3.8) is 0 Å². The fraction of sp³-hybridized carbons (Fsp3) is 0.538. The van der Waals surface area contributed by atoms with Crippen molar-refractivity contribution in [2.24, 2.45) is 0 Å². The van der Waals surface area contributed by atoms with E-state index in [2.05, 4.69) is 0 Å². The topological polar surface area (TPSA) is 47.9 Å². The SMILES string of the molecule is O[C@H]1CO[C@H]2[C@@H]1OC[C@H]2OCc1ccccc1. The summed E-state index contributed by atoms with van der Waals surface area (Å²) in [6.45, 7) is 1.40. The summed E-state index contributed by atoms with van der Waals surface area (Å²) in [5.74, 6) is 0. The maximum atomic E-state index is 9.60. The average molecular weight is 236 g/mol. The van der Waals surface area contributed by atoms with Gasteiger partial charge in [-0.25, -0.2) is 0 Å². The molecule has 4 heteroatoms. The van der Waals surface area contributed by atoms with Crippen LogP contribution in [0.25, 0.3) is 0 Å². The van der Waals surface area contributed by atoms with E-state index in [1.807, 2.05) is 30.3 Å². The van der Waals surface area contributed by atoms with E-state index in [0.717, 1.165) is 5.56 Å². The van der Waals surface area contributed by atoms with Crippen molar-refractivity contribution in [1.29, 1.82) is 0 Å². The Morgan fingerprint density at radius 3 is 2.71 bits per heavy atom. The Kier molecular flexibility index (Phi) is 3.11. The molecule has 0 bridgehead atoms. The number of aliphatic hydroxyl groups is 1. The molecule has 17 heavy (non-hydrogen) atoms. The van der Waals surface area contributed by atoms with Gasteiger partial charge in [0.25, 0.3) is 0 Å². The summed E-state index contributed by atoms with van der Waals surface area (Å²) in [5, 5.41) is 9.60. The molecule has 1 N–H and O–H groups in total. The van der Waals surface area contributed by atoms with E-state index in [1.54, 1.807) is 0 Å². The summed E-state index contributed by atoms with van der Waals surface area (Å²) in [7, 11) is 0. The van der Waals surface area contributed by atoms with Crippen LogP contribution in [0, 0.1) is 0 Å². The number of benzene rings is 1. The third kappa shape index (κ3) is 2.21. The van der Waals surface area contributed by atoms with Crippen molar-refractivity contribution < 1.29 is 19.3 Å². The second-order valence-corrected chi connectivity index (χ2v) is 4.50. The predicted octanol–water partition coefficient (Wildman–Crippen LogP) is 0.730. The van der Waals surface area contributed by atoms with Gasteiger partial charge >= 0.3 is 0 Å². The molecule has 0 radical (unpaired) electrons. The van der Waals surface area contributed by atoms with Gasteiger partial charge < -0.3 is 19.3 Å². The average Bonchev–Trinajstić information content (AvgIpc) is 2.92. The zero-order chi connectivity index (χ0) is 11.7. The highest BCUT2D eigenvalue weighted by molar-refractivity contribution is 5.13. The minimum absolute atomic E-state index is 0.0719. The van der Waals surface area contributed by atoms with Crippen LogP contribution in [-0.4, -0.2) is 42.7 Å². The maximum absolute atomic E-state index is 9.60. The molecule has 4 atom stereocenters. The minimum Gasteiger partial charge on any atom is -0.388 e. The molecule has 92 valence electrons. The highest BCUT2D eigenvalue weighted by Crippen LogP contribution is 2.29. The van der Waals surface area contributed by atoms with Crippen molar-refractivity contribution in [2.75, 3.05) is 13.2 Å². The van der Waals surface area contributed by atoms with Crippen LogP contribution in [0.1, 0.15) is 5.56 Å². The van der Waals surface area contributed by atoms with Crippen LogP contribution in [0.4, 0.5) is 0 Å². The number of rotatable bonds is 3. The van der Waals surface area contributed by atoms with E-state index in [1.165, 1.54) is 0 Å². The highest BCUT2D eigenvalue weighted by Gasteiger charge is 2.47. The fourth-order valence-corrected chi connectivity index (χ4v) is 2.36. The van der Waals surface area contributed by atoms with Gasteiger partial charge in [0.15, 0.2) is 0 Å². The number of aliphatic hydroxyl groups excluding tert-OH is 1. The van der Waals surface area contributed by atoms with Crippen molar-refractivity contribution in [3.8, 4) is 0 Å². The Labute approximate surface area is 100 Å². The smallest absolute Gasteiger partial charge is 0.115 e. The summed E-state index contributed by atoms with van der Waals surface area (Å²) in [6, 6.07) is 10.0. The number of hydrogen-bond acceptors (Lipinski definition) is 4. The van der Waals surface area contributed by atoms with Gasteiger partial charge in [-0.2, -0.15) is 0 Å². The van der Waals surface area contributed by atoms with Crippen LogP contribution in [0.5, 0.6) is 0 Å². The van der Waals surface area contributed by atoms with Crippen molar-refractivity contribution in [1.82, 2.24) is 0 Å². The Bertz CT molecular complexity index is 367. The van der Waals surface area contributed by atoms with Gasteiger partial charge in [-0.15, -0.1) is 0 Å². The molecule has 0 amide bonds. The zero-order valence-electron chi connectivity index (χ0n) is 9.49. The van der Waals surface area contributed by atoms with Crippen molar-refractivity contribution >= 4 is 0 Å². The van der Waals surface area contributed by atoms with Crippen molar-refractivity contribution in [2.45, 2.75) is 31.0 Å². The van der Waals surface area contributed by atoms with Crippen LogP contribution < -0.4 is 0 Å².